The topological polar surface area (TPSA) is 67.9 Å². The predicted molar refractivity (Wildman–Crippen MR) is 55.7 cm³/mol. The molecular formula is C9H9N3O2S. The Morgan fingerprint density at radius 1 is 1.60 bits per heavy atom. The van der Waals surface area contributed by atoms with Crippen molar-refractivity contribution >= 4 is 17.3 Å². The van der Waals surface area contributed by atoms with Crippen molar-refractivity contribution in [2.24, 2.45) is 0 Å². The molecule has 6 heteroatoms. The number of rotatable bonds is 3. The van der Waals surface area contributed by atoms with Crippen LogP contribution in [0.3, 0.4) is 0 Å². The van der Waals surface area contributed by atoms with E-state index in [2.05, 4.69) is 15.0 Å². The number of hydrogen-bond donors (Lipinski definition) is 1. The maximum Gasteiger partial charge on any atom is 0.356 e. The number of aromatic amines is 1. The molecule has 0 atom stereocenters. The van der Waals surface area contributed by atoms with Gasteiger partial charge in [-0.2, -0.15) is 0 Å². The van der Waals surface area contributed by atoms with Gasteiger partial charge in [0.2, 0.25) is 0 Å². The molecular weight excluding hydrogens is 214 g/mol. The van der Waals surface area contributed by atoms with E-state index in [-0.39, 0.29) is 0 Å². The Kier molecular flexibility index (Phi) is 2.77. The van der Waals surface area contributed by atoms with Crippen LogP contribution in [0.5, 0.6) is 0 Å². The van der Waals surface area contributed by atoms with Gasteiger partial charge in [0.1, 0.15) is 5.69 Å². The van der Waals surface area contributed by atoms with Crippen molar-refractivity contribution < 1.29 is 9.53 Å². The molecule has 0 aliphatic heterocycles. The maximum atomic E-state index is 11.3. The molecule has 0 aromatic carbocycles. The lowest BCUT2D eigenvalue weighted by Crippen LogP contribution is -2.04. The molecule has 1 N–H and O–H groups in total. The number of H-pyrrole nitrogens is 1. The summed E-state index contributed by atoms with van der Waals surface area (Å²) in [6.45, 7) is 2.11. The summed E-state index contributed by atoms with van der Waals surface area (Å²) >= 11 is 1.46. The van der Waals surface area contributed by atoms with Gasteiger partial charge in [-0.3, -0.25) is 0 Å². The number of carbonyl (C=O) groups is 1. The van der Waals surface area contributed by atoms with E-state index in [4.69, 9.17) is 4.74 Å². The number of aromatic nitrogens is 3. The lowest BCUT2D eigenvalue weighted by atomic mass is 10.5. The van der Waals surface area contributed by atoms with Crippen molar-refractivity contribution in [3.8, 4) is 10.8 Å². The normalized spacial score (nSPS) is 10.2. The average Bonchev–Trinajstić information content (AvgIpc) is 2.89. The maximum absolute atomic E-state index is 11.3. The zero-order valence-electron chi connectivity index (χ0n) is 8.06. The molecule has 5 nitrogen and oxygen atoms in total. The summed E-state index contributed by atoms with van der Waals surface area (Å²) in [4.78, 5) is 22.3. The van der Waals surface area contributed by atoms with Crippen molar-refractivity contribution in [2.45, 2.75) is 6.92 Å². The van der Waals surface area contributed by atoms with Crippen molar-refractivity contribution in [2.75, 3.05) is 6.61 Å². The third kappa shape index (κ3) is 2.04. The molecule has 2 heterocycles. The first-order chi connectivity index (χ1) is 7.31. The number of nitrogens with zero attached hydrogens (tertiary/aromatic N) is 2. The van der Waals surface area contributed by atoms with Gasteiger partial charge in [-0.15, -0.1) is 11.3 Å². The molecule has 0 amide bonds. The Bertz CT molecular complexity index is 450. The van der Waals surface area contributed by atoms with Crippen LogP contribution in [0.2, 0.25) is 0 Å². The van der Waals surface area contributed by atoms with E-state index >= 15 is 0 Å². The van der Waals surface area contributed by atoms with Gasteiger partial charge < -0.3 is 9.72 Å². The van der Waals surface area contributed by atoms with Crippen LogP contribution < -0.4 is 0 Å². The highest BCUT2D eigenvalue weighted by atomic mass is 32.1. The standard InChI is InChI=1S/C9H9N3O2S/c1-2-14-9(13)6-5-11-7(12-6)8-10-3-4-15-8/h3-5H,2H2,1H3,(H,11,12). The zero-order valence-corrected chi connectivity index (χ0v) is 8.87. The number of imidazole rings is 1. The van der Waals surface area contributed by atoms with Crippen LogP contribution >= 0.6 is 11.3 Å². The fourth-order valence-corrected chi connectivity index (χ4v) is 1.67. The Morgan fingerprint density at radius 2 is 2.47 bits per heavy atom. The molecule has 0 fully saturated rings. The van der Waals surface area contributed by atoms with Crippen LogP contribution in [0.1, 0.15) is 17.4 Å². The molecule has 2 rings (SSSR count). The molecule has 0 radical (unpaired) electrons. The zero-order chi connectivity index (χ0) is 10.7. The number of nitrogens with one attached hydrogen (secondary N) is 1. The molecule has 0 aliphatic carbocycles. The SMILES string of the molecule is CCOC(=O)c1cnc(-c2nccs2)[nH]1. The molecule has 0 saturated heterocycles. The minimum absolute atomic E-state index is 0.349. The number of esters is 1. The van der Waals surface area contributed by atoms with Crippen molar-refractivity contribution in [3.63, 3.8) is 0 Å². The molecule has 2 aromatic rings. The quantitative estimate of drug-likeness (QED) is 0.804. The van der Waals surface area contributed by atoms with Gasteiger partial charge in [0.05, 0.1) is 12.8 Å². The minimum Gasteiger partial charge on any atom is -0.461 e. The van der Waals surface area contributed by atoms with Crippen molar-refractivity contribution in [3.05, 3.63) is 23.5 Å². The molecule has 15 heavy (non-hydrogen) atoms. The van der Waals surface area contributed by atoms with Gasteiger partial charge in [0.25, 0.3) is 0 Å². The van der Waals surface area contributed by atoms with E-state index in [0.29, 0.717) is 18.1 Å². The van der Waals surface area contributed by atoms with Gasteiger partial charge in [-0.25, -0.2) is 14.8 Å². The molecule has 78 valence electrons. The van der Waals surface area contributed by atoms with Gasteiger partial charge in [-0.05, 0) is 6.92 Å². The average molecular weight is 223 g/mol. The van der Waals surface area contributed by atoms with Crippen LogP contribution in [-0.4, -0.2) is 27.5 Å². The summed E-state index contributed by atoms with van der Waals surface area (Å²) in [7, 11) is 0. The van der Waals surface area contributed by atoms with E-state index < -0.39 is 5.97 Å². The van der Waals surface area contributed by atoms with Gasteiger partial charge in [0.15, 0.2) is 10.8 Å². The molecule has 0 spiro atoms. The van der Waals surface area contributed by atoms with Crippen LogP contribution in [0.4, 0.5) is 0 Å². The fourth-order valence-electron chi connectivity index (χ4n) is 1.08. The third-order valence-corrected chi connectivity index (χ3v) is 2.49. The number of hydrogen-bond acceptors (Lipinski definition) is 5. The van der Waals surface area contributed by atoms with Crippen LogP contribution in [0.15, 0.2) is 17.8 Å². The second kappa shape index (κ2) is 4.22. The van der Waals surface area contributed by atoms with Crippen LogP contribution in [-0.2, 0) is 4.74 Å². The summed E-state index contributed by atoms with van der Waals surface area (Å²) in [5.41, 5.74) is 0.349. The first-order valence-corrected chi connectivity index (χ1v) is 5.31. The monoisotopic (exact) mass is 223 g/mol. The van der Waals surface area contributed by atoms with E-state index in [1.165, 1.54) is 17.5 Å². The molecule has 0 bridgehead atoms. The Balaban J connectivity index is 2.21. The summed E-state index contributed by atoms with van der Waals surface area (Å²) in [6, 6.07) is 0. The van der Waals surface area contributed by atoms with E-state index in [9.17, 15) is 4.79 Å². The van der Waals surface area contributed by atoms with E-state index in [1.54, 1.807) is 13.1 Å². The second-order valence-corrected chi connectivity index (χ2v) is 3.60. The number of carbonyl (C=O) groups excluding carboxylic acids is 1. The molecule has 2 aromatic heterocycles. The second-order valence-electron chi connectivity index (χ2n) is 2.70. The van der Waals surface area contributed by atoms with E-state index in [1.807, 2.05) is 5.38 Å². The Labute approximate surface area is 90.1 Å². The number of ether oxygens (including phenoxy) is 1. The summed E-state index contributed by atoms with van der Waals surface area (Å²) in [5.74, 6) is 0.195. The highest BCUT2D eigenvalue weighted by Gasteiger charge is 2.12. The fraction of sp³-hybridized carbons (Fsp3) is 0.222. The number of thiazole rings is 1. The molecule has 0 aliphatic rings. The minimum atomic E-state index is -0.396. The van der Waals surface area contributed by atoms with Crippen LogP contribution in [0, 0.1) is 0 Å². The summed E-state index contributed by atoms with van der Waals surface area (Å²) in [6.07, 6.45) is 3.14. The smallest absolute Gasteiger partial charge is 0.356 e. The highest BCUT2D eigenvalue weighted by Crippen LogP contribution is 2.17. The van der Waals surface area contributed by atoms with Crippen molar-refractivity contribution in [1.82, 2.24) is 15.0 Å². The molecule has 0 unspecified atom stereocenters. The third-order valence-electron chi connectivity index (χ3n) is 1.71. The lowest BCUT2D eigenvalue weighted by Gasteiger charge is -1.96. The molecule has 0 saturated carbocycles. The van der Waals surface area contributed by atoms with Crippen LogP contribution in [0.25, 0.3) is 10.8 Å². The summed E-state index contributed by atoms with van der Waals surface area (Å²) < 4.78 is 4.83. The van der Waals surface area contributed by atoms with Gasteiger partial charge in [0, 0.05) is 11.6 Å². The summed E-state index contributed by atoms with van der Waals surface area (Å²) in [5, 5.41) is 2.60. The Morgan fingerprint density at radius 3 is 3.13 bits per heavy atom. The van der Waals surface area contributed by atoms with Gasteiger partial charge in [-0.1, -0.05) is 0 Å². The van der Waals surface area contributed by atoms with Crippen molar-refractivity contribution in [1.29, 1.82) is 0 Å². The first-order valence-electron chi connectivity index (χ1n) is 4.43. The highest BCUT2D eigenvalue weighted by molar-refractivity contribution is 7.13. The lowest BCUT2D eigenvalue weighted by molar-refractivity contribution is 0.0520. The largest absolute Gasteiger partial charge is 0.461 e. The Hall–Kier alpha value is -1.69. The van der Waals surface area contributed by atoms with E-state index in [0.717, 1.165) is 5.01 Å². The van der Waals surface area contributed by atoms with Gasteiger partial charge >= 0.3 is 5.97 Å². The predicted octanol–water partition coefficient (Wildman–Crippen LogP) is 1.71. The first kappa shape index (κ1) is 9.85.